The Labute approximate surface area is 481 Å². The van der Waals surface area contributed by atoms with Gasteiger partial charge < -0.3 is 148 Å². The number of likely N-dealkylation sites (N-methyl/N-ethyl adjacent to an activating group) is 4. The molecule has 0 bridgehead atoms. The zero-order valence-corrected chi connectivity index (χ0v) is 51.8. The summed E-state index contributed by atoms with van der Waals surface area (Å²) in [6.45, 7) is 17.1. The van der Waals surface area contributed by atoms with Crippen molar-refractivity contribution in [2.45, 2.75) is 83.5 Å². The average molecular weight is 1160 g/mol. The van der Waals surface area contributed by atoms with Crippen LogP contribution < -0.4 is 108 Å². The van der Waals surface area contributed by atoms with Crippen molar-refractivity contribution in [2.24, 2.45) is 119 Å². The maximum absolute atomic E-state index is 9.93. The van der Waals surface area contributed by atoms with Gasteiger partial charge in [-0.2, -0.15) is 0 Å². The number of rotatable bonds is 28. The molecule has 1 heterocycles. The summed E-state index contributed by atoms with van der Waals surface area (Å²) in [7, 11) is 13.4. The van der Waals surface area contributed by atoms with Crippen LogP contribution in [0.15, 0.2) is 0 Å². The highest BCUT2D eigenvalue weighted by Gasteiger charge is 2.30. The number of Topliss-reactive ketones (excluding diaryl/α,β-unsaturated/α-hetero) is 1. The van der Waals surface area contributed by atoms with Crippen LogP contribution >= 0.6 is 0 Å². The zero-order valence-electron chi connectivity index (χ0n) is 51.8. The third kappa shape index (κ3) is 65.6. The van der Waals surface area contributed by atoms with Gasteiger partial charge in [0.05, 0.1) is 44.6 Å². The molecule has 28 nitrogen and oxygen atoms in total. The molecule has 2 fully saturated rings. The zero-order chi connectivity index (χ0) is 63.2. The summed E-state index contributed by atoms with van der Waals surface area (Å²) in [6.07, 6.45) is 8.67. The van der Waals surface area contributed by atoms with Gasteiger partial charge in [-0.25, -0.2) is 0 Å². The number of nitrogens with one attached hydrogen (secondary N) is 3. The number of ketones is 1. The topological polar surface area (TPSA) is 586 Å². The monoisotopic (exact) mass is 1160 g/mol. The lowest BCUT2D eigenvalue weighted by atomic mass is 9.74. The van der Waals surface area contributed by atoms with Gasteiger partial charge in [-0.3, -0.25) is 4.79 Å². The standard InChI is InChI=1S/C8H18N2.C7H16N2O.C7H18N2O.C5H15N3.C5H14N2O2.C5H14N2O.2C4H12N2.C3H10N2O.C3H8N2O/c9-6-8(7-10)4-2-1-3-5-8;8-5-7(6-9)1-3-10-4-2-7;1-8(2)5-7(10)6-9(3)4;1-5(2-6,3-7)4-8;6-1-5(2-7,3-8)4-9;1-6-3-5(8)4-7-2;1-4(2-5)3-6;1-6-4-2-3-5;2*4-1-3(6)2-5/h1-7,9-10H2;1-6,8-9H2;7,10H,5-6H2,1-4H3;2-4,6-8H2,1H3;8-9H,1-4,6-7H2;5-8H,3-4H2,1-2H3;4H,2-3,5-6H2,1H3;6H,2-5H2,1H3;3,6H,1-2,4-5H2;1-2,4-5H2. The van der Waals surface area contributed by atoms with E-state index in [1.807, 2.05) is 73.0 Å². The van der Waals surface area contributed by atoms with Crippen LogP contribution in [0.5, 0.6) is 0 Å². The summed E-state index contributed by atoms with van der Waals surface area (Å²) in [4.78, 5) is 13.9. The molecule has 0 aromatic carbocycles. The van der Waals surface area contributed by atoms with Gasteiger partial charge in [0.15, 0.2) is 5.78 Å². The van der Waals surface area contributed by atoms with E-state index in [0.717, 1.165) is 71.7 Å². The molecule has 0 aromatic rings. The molecule has 488 valence electrons. The van der Waals surface area contributed by atoms with E-state index in [4.69, 9.17) is 117 Å². The summed E-state index contributed by atoms with van der Waals surface area (Å²) < 4.78 is 5.22. The Morgan fingerprint density at radius 3 is 1.05 bits per heavy atom. The molecule has 0 atom stereocenters. The first-order valence-corrected chi connectivity index (χ1v) is 28.1. The second-order valence-corrected chi connectivity index (χ2v) is 21.0. The largest absolute Gasteiger partial charge is 0.396 e. The second-order valence-electron chi connectivity index (χ2n) is 21.0. The van der Waals surface area contributed by atoms with Crippen molar-refractivity contribution in [3.63, 3.8) is 0 Å². The first-order valence-electron chi connectivity index (χ1n) is 28.1. The minimum Gasteiger partial charge on any atom is -0.396 e. The van der Waals surface area contributed by atoms with E-state index in [0.29, 0.717) is 70.2 Å². The highest BCUT2D eigenvalue weighted by Crippen LogP contribution is 2.34. The predicted molar refractivity (Wildman–Crippen MR) is 333 cm³/mol. The van der Waals surface area contributed by atoms with Crippen molar-refractivity contribution in [3.05, 3.63) is 0 Å². The van der Waals surface area contributed by atoms with Crippen LogP contribution in [0.3, 0.4) is 0 Å². The molecule has 0 radical (unpaired) electrons. The average Bonchev–Trinajstić information content (AvgIpc) is 3.47. The van der Waals surface area contributed by atoms with Gasteiger partial charge in [0, 0.05) is 96.0 Å². The van der Waals surface area contributed by atoms with Crippen molar-refractivity contribution in [3.8, 4) is 0 Å². The van der Waals surface area contributed by atoms with E-state index >= 15 is 0 Å². The van der Waals surface area contributed by atoms with Gasteiger partial charge in [0.25, 0.3) is 0 Å². The van der Waals surface area contributed by atoms with E-state index in [1.165, 1.54) is 32.1 Å². The van der Waals surface area contributed by atoms with Crippen LogP contribution in [0.1, 0.15) is 65.2 Å². The highest BCUT2D eigenvalue weighted by atomic mass is 16.5. The molecule has 1 aliphatic heterocycles. The third-order valence-corrected chi connectivity index (χ3v) is 12.7. The van der Waals surface area contributed by atoms with Crippen molar-refractivity contribution in [1.82, 2.24) is 25.8 Å². The molecule has 1 aliphatic carbocycles. The molecule has 0 amide bonds. The number of ether oxygens (including phenoxy) is 1. The molecule has 2 rings (SSSR count). The smallest absolute Gasteiger partial charge is 0.159 e. The fourth-order valence-corrected chi connectivity index (χ4v) is 5.73. The fraction of sp³-hybridized carbons (Fsp3) is 0.980. The summed E-state index contributed by atoms with van der Waals surface area (Å²) in [6, 6.07) is 0. The molecular formula is C51H137N21O7. The van der Waals surface area contributed by atoms with Crippen molar-refractivity contribution >= 4 is 5.78 Å². The summed E-state index contributed by atoms with van der Waals surface area (Å²) in [5.41, 5.74) is 84.1. The number of aliphatic hydroxyl groups is 5. The Morgan fingerprint density at radius 2 is 0.911 bits per heavy atom. The summed E-state index contributed by atoms with van der Waals surface area (Å²) >= 11 is 0. The predicted octanol–water partition coefficient (Wildman–Crippen LogP) is -8.61. The van der Waals surface area contributed by atoms with Gasteiger partial charge in [-0.05, 0) is 151 Å². The van der Waals surface area contributed by atoms with Crippen LogP contribution in [0.4, 0.5) is 0 Å². The molecule has 2 aliphatic rings. The first kappa shape index (κ1) is 94.0. The van der Waals surface area contributed by atoms with Gasteiger partial charge in [-0.15, -0.1) is 0 Å². The van der Waals surface area contributed by atoms with Crippen LogP contribution in [0, 0.1) is 27.6 Å². The van der Waals surface area contributed by atoms with E-state index < -0.39 is 11.5 Å². The second kappa shape index (κ2) is 67.4. The fourth-order valence-electron chi connectivity index (χ4n) is 5.73. The van der Waals surface area contributed by atoms with E-state index in [-0.39, 0.29) is 81.3 Å². The number of nitrogens with two attached hydrogens (primary N) is 16. The lowest BCUT2D eigenvalue weighted by molar-refractivity contribution is -0.116. The number of nitrogens with zero attached hydrogens (tertiary/aromatic N) is 2. The minimum atomic E-state index is -0.667. The van der Waals surface area contributed by atoms with Crippen LogP contribution in [0.2, 0.25) is 0 Å². The molecule has 40 N–H and O–H groups in total. The molecule has 1 saturated carbocycles. The Hall–Kier alpha value is -1.41. The van der Waals surface area contributed by atoms with Crippen LogP contribution in [-0.2, 0) is 9.53 Å². The van der Waals surface area contributed by atoms with Gasteiger partial charge in [0.1, 0.15) is 0 Å². The lowest BCUT2D eigenvalue weighted by Crippen LogP contribution is -2.44. The molecular weight excluding hydrogens is 1020 g/mol. The van der Waals surface area contributed by atoms with Crippen molar-refractivity contribution in [1.29, 1.82) is 0 Å². The van der Waals surface area contributed by atoms with Gasteiger partial charge >= 0.3 is 0 Å². The third-order valence-electron chi connectivity index (χ3n) is 12.7. The molecule has 0 aromatic heterocycles. The first-order chi connectivity index (χ1) is 37.2. The highest BCUT2D eigenvalue weighted by molar-refractivity contribution is 5.81. The Morgan fingerprint density at radius 1 is 0.544 bits per heavy atom. The quantitative estimate of drug-likeness (QED) is 0.0324. The van der Waals surface area contributed by atoms with E-state index in [9.17, 15) is 9.90 Å². The normalized spacial score (nSPS) is 14.2. The van der Waals surface area contributed by atoms with E-state index in [1.54, 1.807) is 0 Å². The number of hydrogen-bond acceptors (Lipinski definition) is 28. The van der Waals surface area contributed by atoms with Crippen molar-refractivity contribution < 1.29 is 35.1 Å². The van der Waals surface area contributed by atoms with Gasteiger partial charge in [-0.1, -0.05) is 33.1 Å². The number of carbonyl (C=O) groups excluding carboxylic acids is 1. The van der Waals surface area contributed by atoms with E-state index in [2.05, 4.69) is 16.0 Å². The molecule has 28 heteroatoms. The number of hydrogen-bond donors (Lipinski definition) is 24. The molecule has 79 heavy (non-hydrogen) atoms. The van der Waals surface area contributed by atoms with Crippen LogP contribution in [-0.4, -0.2) is 273 Å². The van der Waals surface area contributed by atoms with Crippen molar-refractivity contribution in [2.75, 3.05) is 213 Å². The summed E-state index contributed by atoms with van der Waals surface area (Å²) in [5.74, 6) is 0.389. The van der Waals surface area contributed by atoms with Gasteiger partial charge in [0.2, 0.25) is 0 Å². The SMILES string of the molecule is CC(CN)(CN)CN.CC(CN)CN.CN(C)CC(O)CN(C)C.CNCC(O)CNC.CNCCCN.NCC(=O)CN.NCC(CN)(CO)CO.NCC(O)CN.NCC1(CN)CCCCC1.NCC1(CN)CCOCC1. The molecule has 0 unspecified atom stereocenters. The lowest BCUT2D eigenvalue weighted by Gasteiger charge is -2.34. The Balaban J connectivity index is -0.000000119. The number of aliphatic hydroxyl groups excluding tert-OH is 5. The Bertz CT molecular complexity index is 1040. The maximum Gasteiger partial charge on any atom is 0.159 e. The Kier molecular flexibility index (Phi) is 80.2. The summed E-state index contributed by atoms with van der Waals surface area (Å²) in [5, 5.41) is 52.7. The maximum atomic E-state index is 9.93. The number of carbonyl (C=O) groups is 1. The minimum absolute atomic E-state index is 0.0417. The molecule has 1 saturated heterocycles. The molecule has 0 spiro atoms. The van der Waals surface area contributed by atoms with Crippen LogP contribution in [0.25, 0.3) is 0 Å².